The van der Waals surface area contributed by atoms with Gasteiger partial charge in [-0.25, -0.2) is 0 Å². The highest BCUT2D eigenvalue weighted by Crippen LogP contribution is 1.88. The molecule has 0 aromatic carbocycles. The molecule has 0 amide bonds. The van der Waals surface area contributed by atoms with Gasteiger partial charge in [-0.3, -0.25) is 0 Å². The number of allylic oxidation sites excluding steroid dienone is 2. The van der Waals surface area contributed by atoms with Gasteiger partial charge in [-0.2, -0.15) is 0 Å². The van der Waals surface area contributed by atoms with Crippen LogP contribution < -0.4 is 0 Å². The van der Waals surface area contributed by atoms with Gasteiger partial charge in [-0.15, -0.1) is 6.42 Å². The molecule has 11 heavy (non-hydrogen) atoms. The van der Waals surface area contributed by atoms with Gasteiger partial charge in [0.1, 0.15) is 6.29 Å². The third-order valence-corrected chi connectivity index (χ3v) is 0.989. The topological polar surface area (TPSA) is 17.1 Å². The van der Waals surface area contributed by atoms with Gasteiger partial charge in [0.05, 0.1) is 0 Å². The van der Waals surface area contributed by atoms with Crippen LogP contribution in [0.1, 0.15) is 19.3 Å². The number of hydrogen-bond donors (Lipinski definition) is 0. The maximum atomic E-state index is 9.85. The molecule has 0 aliphatic carbocycles. The first kappa shape index (κ1) is 9.53. The van der Waals surface area contributed by atoms with Gasteiger partial charge in [0, 0.05) is 12.8 Å². The van der Waals surface area contributed by atoms with E-state index in [4.69, 9.17) is 6.42 Å². The van der Waals surface area contributed by atoms with E-state index < -0.39 is 0 Å². The Morgan fingerprint density at radius 3 is 2.82 bits per heavy atom. The largest absolute Gasteiger partial charge is 0.303 e. The van der Waals surface area contributed by atoms with Crippen LogP contribution >= 0.6 is 0 Å². The molecule has 0 fully saturated rings. The molecule has 1 nitrogen and oxygen atoms in total. The normalized spacial score (nSPS) is 8.27. The zero-order valence-electron chi connectivity index (χ0n) is 6.34. The van der Waals surface area contributed by atoms with E-state index in [1.807, 2.05) is 0 Å². The van der Waals surface area contributed by atoms with Crippen LogP contribution in [-0.4, -0.2) is 6.29 Å². The third kappa shape index (κ3) is 8.53. The van der Waals surface area contributed by atoms with Gasteiger partial charge in [-0.05, 0) is 18.6 Å². The molecule has 0 saturated heterocycles. The number of terminal acetylenes is 1. The Bertz CT molecular complexity index is 219. The minimum absolute atomic E-state index is 0.591. The second kappa shape index (κ2) is 8.53. The van der Waals surface area contributed by atoms with Crippen LogP contribution in [0.2, 0.25) is 0 Å². The molecule has 0 radical (unpaired) electrons. The molecular weight excluding hydrogens is 136 g/mol. The Morgan fingerprint density at radius 2 is 2.18 bits per heavy atom. The molecular formula is C10H10O. The first-order chi connectivity index (χ1) is 5.41. The van der Waals surface area contributed by atoms with Crippen molar-refractivity contribution >= 4 is 6.29 Å². The van der Waals surface area contributed by atoms with Crippen LogP contribution in [-0.2, 0) is 4.79 Å². The number of aldehydes is 1. The zero-order valence-corrected chi connectivity index (χ0v) is 6.34. The molecule has 0 bridgehead atoms. The SMILES string of the molecule is C#C/C=C\C#CCCCC=O. The van der Waals surface area contributed by atoms with Crippen molar-refractivity contribution in [1.29, 1.82) is 0 Å². The van der Waals surface area contributed by atoms with Crippen molar-refractivity contribution in [2.75, 3.05) is 0 Å². The Hall–Kier alpha value is -1.47. The predicted molar refractivity (Wildman–Crippen MR) is 45.7 cm³/mol. The monoisotopic (exact) mass is 146 g/mol. The first-order valence-corrected chi connectivity index (χ1v) is 3.45. The average Bonchev–Trinajstić information content (AvgIpc) is 2.03. The van der Waals surface area contributed by atoms with Crippen molar-refractivity contribution in [2.45, 2.75) is 19.3 Å². The summed E-state index contributed by atoms with van der Waals surface area (Å²) < 4.78 is 0. The summed E-state index contributed by atoms with van der Waals surface area (Å²) in [6, 6.07) is 0. The summed E-state index contributed by atoms with van der Waals surface area (Å²) in [7, 11) is 0. The lowest BCUT2D eigenvalue weighted by Crippen LogP contribution is -1.73. The number of hydrogen-bond acceptors (Lipinski definition) is 1. The molecule has 0 spiro atoms. The van der Waals surface area contributed by atoms with Crippen LogP contribution in [0.5, 0.6) is 0 Å². The summed E-state index contributed by atoms with van der Waals surface area (Å²) >= 11 is 0. The molecule has 0 aliphatic rings. The standard InChI is InChI=1S/C10H10O/c1-2-3-4-5-6-7-8-9-10-11/h1,3-4,10H,7-9H2/b4-3-. The van der Waals surface area contributed by atoms with Crippen molar-refractivity contribution in [3.63, 3.8) is 0 Å². The van der Waals surface area contributed by atoms with Crippen molar-refractivity contribution in [2.24, 2.45) is 0 Å². The lowest BCUT2D eigenvalue weighted by atomic mass is 10.2. The van der Waals surface area contributed by atoms with E-state index in [1.54, 1.807) is 12.2 Å². The smallest absolute Gasteiger partial charge is 0.120 e. The van der Waals surface area contributed by atoms with Crippen LogP contribution in [0.4, 0.5) is 0 Å². The van der Waals surface area contributed by atoms with E-state index in [2.05, 4.69) is 17.8 Å². The number of carbonyl (C=O) groups excluding carboxylic acids is 1. The molecule has 0 N–H and O–H groups in total. The van der Waals surface area contributed by atoms with Crippen molar-refractivity contribution < 1.29 is 4.79 Å². The van der Waals surface area contributed by atoms with Crippen molar-refractivity contribution in [1.82, 2.24) is 0 Å². The van der Waals surface area contributed by atoms with Gasteiger partial charge in [0.15, 0.2) is 0 Å². The van der Waals surface area contributed by atoms with Crippen LogP contribution in [0, 0.1) is 24.2 Å². The van der Waals surface area contributed by atoms with Gasteiger partial charge in [0.25, 0.3) is 0 Å². The number of unbranched alkanes of at least 4 members (excludes halogenated alkanes) is 2. The number of rotatable bonds is 3. The fourth-order valence-electron chi connectivity index (χ4n) is 0.495. The van der Waals surface area contributed by atoms with Gasteiger partial charge < -0.3 is 4.79 Å². The Labute approximate surface area is 67.5 Å². The zero-order chi connectivity index (χ0) is 8.36. The summed E-state index contributed by atoms with van der Waals surface area (Å²) in [5, 5.41) is 0. The Kier molecular flexibility index (Phi) is 7.39. The van der Waals surface area contributed by atoms with Gasteiger partial charge in [-0.1, -0.05) is 17.8 Å². The molecule has 1 heteroatoms. The highest BCUT2D eigenvalue weighted by Gasteiger charge is 1.78. The average molecular weight is 146 g/mol. The lowest BCUT2D eigenvalue weighted by Gasteiger charge is -1.80. The highest BCUT2D eigenvalue weighted by molar-refractivity contribution is 5.49. The van der Waals surface area contributed by atoms with Crippen molar-refractivity contribution in [3.05, 3.63) is 12.2 Å². The minimum atomic E-state index is 0.591. The molecule has 0 aromatic heterocycles. The molecule has 0 rings (SSSR count). The van der Waals surface area contributed by atoms with Crippen molar-refractivity contribution in [3.8, 4) is 24.2 Å². The Balaban J connectivity index is 3.34. The lowest BCUT2D eigenvalue weighted by molar-refractivity contribution is -0.107. The van der Waals surface area contributed by atoms with Crippen LogP contribution in [0.3, 0.4) is 0 Å². The fourth-order valence-corrected chi connectivity index (χ4v) is 0.495. The van der Waals surface area contributed by atoms with E-state index in [-0.39, 0.29) is 0 Å². The molecule has 0 saturated carbocycles. The van der Waals surface area contributed by atoms with E-state index in [1.165, 1.54) is 0 Å². The maximum absolute atomic E-state index is 9.85. The molecule has 0 unspecified atom stereocenters. The molecule has 0 aliphatic heterocycles. The maximum Gasteiger partial charge on any atom is 0.120 e. The third-order valence-electron chi connectivity index (χ3n) is 0.989. The van der Waals surface area contributed by atoms with E-state index in [0.717, 1.165) is 19.1 Å². The summed E-state index contributed by atoms with van der Waals surface area (Å²) in [4.78, 5) is 9.85. The molecule has 0 aromatic rings. The fraction of sp³-hybridized carbons (Fsp3) is 0.300. The number of carbonyl (C=O) groups is 1. The second-order valence-electron chi connectivity index (χ2n) is 1.88. The van der Waals surface area contributed by atoms with Crippen LogP contribution in [0.15, 0.2) is 12.2 Å². The quantitative estimate of drug-likeness (QED) is 0.335. The van der Waals surface area contributed by atoms with E-state index in [0.29, 0.717) is 6.42 Å². The Morgan fingerprint density at radius 1 is 1.36 bits per heavy atom. The highest BCUT2D eigenvalue weighted by atomic mass is 16.1. The van der Waals surface area contributed by atoms with E-state index in [9.17, 15) is 4.79 Å². The summed E-state index contributed by atoms with van der Waals surface area (Å²) in [6.07, 6.45) is 11.2. The second-order valence-corrected chi connectivity index (χ2v) is 1.88. The van der Waals surface area contributed by atoms with Crippen LogP contribution in [0.25, 0.3) is 0 Å². The molecule has 0 atom stereocenters. The first-order valence-electron chi connectivity index (χ1n) is 3.45. The summed E-state index contributed by atoms with van der Waals surface area (Å²) in [5.41, 5.74) is 0. The molecule has 56 valence electrons. The van der Waals surface area contributed by atoms with Gasteiger partial charge in [0.2, 0.25) is 0 Å². The summed E-state index contributed by atoms with van der Waals surface area (Å²) in [5.74, 6) is 7.95. The van der Waals surface area contributed by atoms with E-state index >= 15 is 0 Å². The summed E-state index contributed by atoms with van der Waals surface area (Å²) in [6.45, 7) is 0. The predicted octanol–water partition coefficient (Wildman–Crippen LogP) is 1.55. The van der Waals surface area contributed by atoms with Gasteiger partial charge >= 0.3 is 0 Å². The molecule has 0 heterocycles. The minimum Gasteiger partial charge on any atom is -0.303 e.